The van der Waals surface area contributed by atoms with Crippen molar-refractivity contribution in [3.05, 3.63) is 78.9 Å². The molecule has 0 aliphatic rings. The third-order valence-electron chi connectivity index (χ3n) is 4.71. The van der Waals surface area contributed by atoms with Gasteiger partial charge in [0.25, 0.3) is 5.91 Å². The number of amides is 1. The van der Waals surface area contributed by atoms with Crippen LogP contribution in [0.5, 0.6) is 11.5 Å². The minimum absolute atomic E-state index is 0.193. The molecule has 1 N–H and O–H groups in total. The standard InChI is InChI=1S/C26H29NO4/c1-3-25(31-23-15-13-21(14-16-23)20-9-6-5-7-10-20)26(28)27-22-11-8-12-24(19-22)30-18-17-29-4-2/h5-16,19,25H,3-4,17-18H2,1-2H3,(H,27,28). The average molecular weight is 420 g/mol. The minimum Gasteiger partial charge on any atom is -0.491 e. The molecular weight excluding hydrogens is 390 g/mol. The number of hydrogen-bond acceptors (Lipinski definition) is 4. The molecule has 0 saturated carbocycles. The van der Waals surface area contributed by atoms with Gasteiger partial charge in [0, 0.05) is 18.4 Å². The lowest BCUT2D eigenvalue weighted by molar-refractivity contribution is -0.122. The predicted octanol–water partition coefficient (Wildman–Crippen LogP) is 5.57. The summed E-state index contributed by atoms with van der Waals surface area (Å²) in [6, 6.07) is 25.2. The first kappa shape index (κ1) is 22.4. The Morgan fingerprint density at radius 3 is 2.29 bits per heavy atom. The van der Waals surface area contributed by atoms with Crippen LogP contribution in [-0.4, -0.2) is 31.8 Å². The number of benzene rings is 3. The van der Waals surface area contributed by atoms with Crippen LogP contribution in [0.4, 0.5) is 5.69 Å². The van der Waals surface area contributed by atoms with Crippen molar-refractivity contribution in [2.75, 3.05) is 25.1 Å². The predicted molar refractivity (Wildman–Crippen MR) is 124 cm³/mol. The van der Waals surface area contributed by atoms with E-state index in [-0.39, 0.29) is 5.91 Å². The van der Waals surface area contributed by atoms with E-state index in [1.807, 2.05) is 74.5 Å². The Labute approximate surface area is 184 Å². The lowest BCUT2D eigenvalue weighted by Crippen LogP contribution is -2.32. The zero-order valence-electron chi connectivity index (χ0n) is 18.0. The zero-order chi connectivity index (χ0) is 21.9. The molecular formula is C26H29NO4. The van der Waals surface area contributed by atoms with Gasteiger partial charge < -0.3 is 19.5 Å². The van der Waals surface area contributed by atoms with Crippen LogP contribution in [0.25, 0.3) is 11.1 Å². The molecule has 1 atom stereocenters. The van der Waals surface area contributed by atoms with Crippen LogP contribution in [0.2, 0.25) is 0 Å². The molecule has 5 nitrogen and oxygen atoms in total. The van der Waals surface area contributed by atoms with E-state index in [1.165, 1.54) is 0 Å². The third-order valence-corrected chi connectivity index (χ3v) is 4.71. The summed E-state index contributed by atoms with van der Waals surface area (Å²) in [6.45, 7) is 5.52. The van der Waals surface area contributed by atoms with E-state index in [0.29, 0.717) is 43.4 Å². The summed E-state index contributed by atoms with van der Waals surface area (Å²) in [6.07, 6.45) is -0.0401. The summed E-state index contributed by atoms with van der Waals surface area (Å²) in [5.41, 5.74) is 2.91. The fourth-order valence-electron chi connectivity index (χ4n) is 3.09. The summed E-state index contributed by atoms with van der Waals surface area (Å²) in [5.74, 6) is 1.15. The van der Waals surface area contributed by atoms with Gasteiger partial charge in [0.05, 0.1) is 6.61 Å². The monoisotopic (exact) mass is 419 g/mol. The van der Waals surface area contributed by atoms with Gasteiger partial charge in [-0.25, -0.2) is 0 Å². The second-order valence-electron chi connectivity index (χ2n) is 6.97. The average Bonchev–Trinajstić information content (AvgIpc) is 2.81. The summed E-state index contributed by atoms with van der Waals surface area (Å²) < 4.78 is 16.9. The maximum absolute atomic E-state index is 12.8. The molecule has 5 heteroatoms. The highest BCUT2D eigenvalue weighted by Gasteiger charge is 2.19. The van der Waals surface area contributed by atoms with Crippen molar-refractivity contribution in [2.24, 2.45) is 0 Å². The van der Waals surface area contributed by atoms with Gasteiger partial charge >= 0.3 is 0 Å². The Morgan fingerprint density at radius 2 is 1.58 bits per heavy atom. The summed E-state index contributed by atoms with van der Waals surface area (Å²) in [7, 11) is 0. The molecule has 162 valence electrons. The third kappa shape index (κ3) is 6.86. The molecule has 0 saturated heterocycles. The molecule has 0 aliphatic carbocycles. The molecule has 0 spiro atoms. The van der Waals surface area contributed by atoms with Crippen molar-refractivity contribution in [1.82, 2.24) is 0 Å². The Hall–Kier alpha value is -3.31. The molecule has 0 bridgehead atoms. The molecule has 0 aromatic heterocycles. The molecule has 3 aromatic carbocycles. The molecule has 0 fully saturated rings. The van der Waals surface area contributed by atoms with Crippen LogP contribution >= 0.6 is 0 Å². The number of ether oxygens (including phenoxy) is 3. The lowest BCUT2D eigenvalue weighted by Gasteiger charge is -2.18. The van der Waals surface area contributed by atoms with Crippen LogP contribution in [-0.2, 0) is 9.53 Å². The summed E-state index contributed by atoms with van der Waals surface area (Å²) in [4.78, 5) is 12.8. The van der Waals surface area contributed by atoms with Crippen molar-refractivity contribution < 1.29 is 19.0 Å². The molecule has 1 amide bonds. The number of carbonyl (C=O) groups is 1. The van der Waals surface area contributed by atoms with Gasteiger partial charge in [0.2, 0.25) is 0 Å². The molecule has 3 aromatic rings. The van der Waals surface area contributed by atoms with E-state index in [1.54, 1.807) is 6.07 Å². The highest BCUT2D eigenvalue weighted by molar-refractivity contribution is 5.94. The van der Waals surface area contributed by atoms with E-state index >= 15 is 0 Å². The van der Waals surface area contributed by atoms with E-state index < -0.39 is 6.10 Å². The first-order valence-corrected chi connectivity index (χ1v) is 10.6. The van der Waals surface area contributed by atoms with Crippen molar-refractivity contribution >= 4 is 11.6 Å². The maximum Gasteiger partial charge on any atom is 0.265 e. The maximum atomic E-state index is 12.8. The van der Waals surface area contributed by atoms with E-state index in [4.69, 9.17) is 14.2 Å². The molecule has 3 rings (SSSR count). The number of rotatable bonds is 11. The molecule has 0 heterocycles. The second kappa shape index (κ2) is 11.8. The van der Waals surface area contributed by atoms with Gasteiger partial charge in [-0.3, -0.25) is 4.79 Å². The van der Waals surface area contributed by atoms with Gasteiger partial charge in [0.1, 0.15) is 18.1 Å². The fraction of sp³-hybridized carbons (Fsp3) is 0.269. The van der Waals surface area contributed by atoms with Crippen molar-refractivity contribution in [3.63, 3.8) is 0 Å². The van der Waals surface area contributed by atoms with Crippen molar-refractivity contribution in [3.8, 4) is 22.6 Å². The van der Waals surface area contributed by atoms with Crippen LogP contribution in [0, 0.1) is 0 Å². The number of anilines is 1. The first-order chi connectivity index (χ1) is 15.2. The van der Waals surface area contributed by atoms with Gasteiger partial charge in [-0.2, -0.15) is 0 Å². The molecule has 0 radical (unpaired) electrons. The summed E-state index contributed by atoms with van der Waals surface area (Å²) >= 11 is 0. The largest absolute Gasteiger partial charge is 0.491 e. The Bertz CT molecular complexity index is 941. The Kier molecular flexibility index (Phi) is 8.49. The van der Waals surface area contributed by atoms with Gasteiger partial charge in [-0.1, -0.05) is 55.5 Å². The number of carbonyl (C=O) groups excluding carboxylic acids is 1. The van der Waals surface area contributed by atoms with Gasteiger partial charge in [-0.15, -0.1) is 0 Å². The van der Waals surface area contributed by atoms with Crippen LogP contribution in [0.15, 0.2) is 78.9 Å². The molecule has 0 aliphatic heterocycles. The quantitative estimate of drug-likeness (QED) is 0.413. The summed E-state index contributed by atoms with van der Waals surface area (Å²) in [5, 5.41) is 2.92. The van der Waals surface area contributed by atoms with Gasteiger partial charge in [-0.05, 0) is 48.7 Å². The number of nitrogens with one attached hydrogen (secondary N) is 1. The zero-order valence-corrected chi connectivity index (χ0v) is 18.0. The van der Waals surface area contributed by atoms with Crippen LogP contribution in [0.1, 0.15) is 20.3 Å². The normalized spacial score (nSPS) is 11.5. The first-order valence-electron chi connectivity index (χ1n) is 10.6. The van der Waals surface area contributed by atoms with Gasteiger partial charge in [0.15, 0.2) is 6.10 Å². The fourth-order valence-corrected chi connectivity index (χ4v) is 3.09. The van der Waals surface area contributed by atoms with Crippen LogP contribution < -0.4 is 14.8 Å². The van der Waals surface area contributed by atoms with E-state index in [0.717, 1.165) is 11.1 Å². The van der Waals surface area contributed by atoms with Crippen molar-refractivity contribution in [1.29, 1.82) is 0 Å². The number of hydrogen-bond donors (Lipinski definition) is 1. The SMILES string of the molecule is CCOCCOc1cccc(NC(=O)C(CC)Oc2ccc(-c3ccccc3)cc2)c1. The van der Waals surface area contributed by atoms with Crippen molar-refractivity contribution in [2.45, 2.75) is 26.4 Å². The highest BCUT2D eigenvalue weighted by atomic mass is 16.5. The lowest BCUT2D eigenvalue weighted by atomic mass is 10.1. The van der Waals surface area contributed by atoms with E-state index in [2.05, 4.69) is 17.4 Å². The Morgan fingerprint density at radius 1 is 0.839 bits per heavy atom. The molecule has 1 unspecified atom stereocenters. The second-order valence-corrected chi connectivity index (χ2v) is 6.97. The Balaban J connectivity index is 1.58. The topological polar surface area (TPSA) is 56.8 Å². The highest BCUT2D eigenvalue weighted by Crippen LogP contribution is 2.23. The molecule has 31 heavy (non-hydrogen) atoms. The minimum atomic E-state index is -0.592. The smallest absolute Gasteiger partial charge is 0.265 e. The van der Waals surface area contributed by atoms with E-state index in [9.17, 15) is 4.79 Å². The van der Waals surface area contributed by atoms with Crippen LogP contribution in [0.3, 0.4) is 0 Å².